The van der Waals surface area contributed by atoms with Gasteiger partial charge in [-0.2, -0.15) is 4.98 Å². The van der Waals surface area contributed by atoms with Crippen LogP contribution in [0.25, 0.3) is 0 Å². The van der Waals surface area contributed by atoms with E-state index in [9.17, 15) is 4.79 Å². The van der Waals surface area contributed by atoms with Crippen LogP contribution in [-0.2, 0) is 11.5 Å². The molecule has 0 saturated carbocycles. The average Bonchev–Trinajstić information content (AvgIpc) is 2.26. The first-order valence-corrected chi connectivity index (χ1v) is 5.91. The van der Waals surface area contributed by atoms with Gasteiger partial charge in [0.1, 0.15) is 12.5 Å². The van der Waals surface area contributed by atoms with Crippen molar-refractivity contribution in [2.75, 3.05) is 12.3 Å². The number of rotatable bonds is 5. The third-order valence-electron chi connectivity index (χ3n) is 2.08. The summed E-state index contributed by atoms with van der Waals surface area (Å²) in [6.45, 7) is 1.90. The molecule has 1 aromatic rings. The fraction of sp³-hybridized carbons (Fsp3) is 0.556. The summed E-state index contributed by atoms with van der Waals surface area (Å²) in [5.41, 5.74) is 5.03. The molecule has 0 aliphatic rings. The first-order valence-electron chi connectivity index (χ1n) is 4.83. The largest absolute Gasteiger partial charge is 0.394 e. The summed E-state index contributed by atoms with van der Waals surface area (Å²) in [5, 5.41) is 8.92. The van der Waals surface area contributed by atoms with E-state index in [1.165, 1.54) is 4.57 Å². The van der Waals surface area contributed by atoms with E-state index in [1.54, 1.807) is 6.20 Å². The lowest BCUT2D eigenvalue weighted by molar-refractivity contribution is -0.0268. The van der Waals surface area contributed by atoms with Gasteiger partial charge in [0.15, 0.2) is 0 Å². The van der Waals surface area contributed by atoms with Gasteiger partial charge in [-0.15, -0.1) is 0 Å². The molecule has 1 heterocycles. The van der Waals surface area contributed by atoms with Gasteiger partial charge in [-0.3, -0.25) is 4.57 Å². The Morgan fingerprint density at radius 1 is 1.75 bits per heavy atom. The Morgan fingerprint density at radius 3 is 3.00 bits per heavy atom. The molecule has 1 atom stereocenters. The fourth-order valence-corrected chi connectivity index (χ4v) is 1.51. The van der Waals surface area contributed by atoms with Gasteiger partial charge in [-0.1, -0.05) is 6.92 Å². The Hall–Kier alpha value is -0.670. The number of nitrogens with two attached hydrogens (primary N) is 1. The molecule has 6 nitrogen and oxygen atoms in total. The van der Waals surface area contributed by atoms with Gasteiger partial charge in [-0.25, -0.2) is 4.79 Å². The monoisotopic (exact) mass is 339 g/mol. The van der Waals surface area contributed by atoms with Gasteiger partial charge in [0, 0.05) is 6.20 Å². The maximum Gasteiger partial charge on any atom is 0.351 e. The van der Waals surface area contributed by atoms with Crippen LogP contribution in [0, 0.1) is 3.57 Å². The van der Waals surface area contributed by atoms with Crippen LogP contribution in [-0.4, -0.2) is 27.4 Å². The number of nitrogens with zero attached hydrogens (tertiary/aromatic N) is 2. The molecular formula is C9H14IN3O3. The van der Waals surface area contributed by atoms with Crippen molar-refractivity contribution < 1.29 is 9.84 Å². The zero-order valence-electron chi connectivity index (χ0n) is 8.89. The number of aromatic nitrogens is 2. The van der Waals surface area contributed by atoms with E-state index in [-0.39, 0.29) is 25.3 Å². The second-order valence-electron chi connectivity index (χ2n) is 3.24. The van der Waals surface area contributed by atoms with Gasteiger partial charge < -0.3 is 15.6 Å². The number of nitrogen functional groups attached to an aromatic ring is 1. The Labute approximate surface area is 107 Å². The van der Waals surface area contributed by atoms with Crippen LogP contribution in [0.1, 0.15) is 13.3 Å². The van der Waals surface area contributed by atoms with Crippen LogP contribution < -0.4 is 11.4 Å². The fourth-order valence-electron chi connectivity index (χ4n) is 1.06. The lowest BCUT2D eigenvalue weighted by Crippen LogP contribution is -2.28. The number of halogens is 1. The average molecular weight is 339 g/mol. The van der Waals surface area contributed by atoms with Crippen LogP contribution >= 0.6 is 22.6 Å². The topological polar surface area (TPSA) is 90.4 Å². The first-order chi connectivity index (χ1) is 7.58. The van der Waals surface area contributed by atoms with E-state index in [4.69, 9.17) is 15.6 Å². The molecule has 0 saturated heterocycles. The normalized spacial score (nSPS) is 12.7. The minimum Gasteiger partial charge on any atom is -0.394 e. The van der Waals surface area contributed by atoms with Crippen LogP contribution in [0.2, 0.25) is 0 Å². The summed E-state index contributed by atoms with van der Waals surface area (Å²) in [6.07, 6.45) is 2.00. The lowest BCUT2D eigenvalue weighted by atomic mass is 10.3. The summed E-state index contributed by atoms with van der Waals surface area (Å²) in [4.78, 5) is 15.0. The third-order valence-corrected chi connectivity index (χ3v) is 2.92. The number of anilines is 1. The standard InChI is InChI=1S/C9H14IN3O3/c1-2-6(4-14)16-5-13-3-7(10)8(11)12-9(13)15/h3,6,14H,2,4-5H2,1H3,(H2,11,12,15)/t6-/m0/s1. The SMILES string of the molecule is CC[C@@H](CO)OCn1cc(I)c(N)nc1=O. The molecular weight excluding hydrogens is 325 g/mol. The van der Waals surface area contributed by atoms with E-state index in [0.717, 1.165) is 0 Å². The lowest BCUT2D eigenvalue weighted by Gasteiger charge is -2.14. The van der Waals surface area contributed by atoms with Gasteiger partial charge in [0.05, 0.1) is 16.3 Å². The molecule has 90 valence electrons. The molecule has 7 heteroatoms. The van der Waals surface area contributed by atoms with Crippen molar-refractivity contribution in [3.8, 4) is 0 Å². The molecule has 0 aliphatic carbocycles. The predicted octanol–water partition coefficient (Wildman–Crippen LogP) is 0.175. The number of aliphatic hydroxyl groups is 1. The van der Waals surface area contributed by atoms with E-state index in [2.05, 4.69) is 4.98 Å². The number of ether oxygens (including phenoxy) is 1. The minimum absolute atomic E-state index is 0.0647. The summed E-state index contributed by atoms with van der Waals surface area (Å²) in [6, 6.07) is 0. The van der Waals surface area contributed by atoms with E-state index in [1.807, 2.05) is 29.5 Å². The van der Waals surface area contributed by atoms with Crippen LogP contribution in [0.4, 0.5) is 5.82 Å². The van der Waals surface area contributed by atoms with Crippen molar-refractivity contribution in [3.63, 3.8) is 0 Å². The maximum atomic E-state index is 11.4. The molecule has 0 fully saturated rings. The Morgan fingerprint density at radius 2 is 2.44 bits per heavy atom. The van der Waals surface area contributed by atoms with Crippen LogP contribution in [0.15, 0.2) is 11.0 Å². The van der Waals surface area contributed by atoms with Crippen molar-refractivity contribution in [3.05, 3.63) is 20.3 Å². The van der Waals surface area contributed by atoms with E-state index in [0.29, 0.717) is 9.99 Å². The van der Waals surface area contributed by atoms with Gasteiger partial charge in [0.2, 0.25) is 0 Å². The molecule has 0 aromatic carbocycles. The molecule has 0 amide bonds. The van der Waals surface area contributed by atoms with Crippen LogP contribution in [0.5, 0.6) is 0 Å². The highest BCUT2D eigenvalue weighted by molar-refractivity contribution is 14.1. The molecule has 0 aliphatic heterocycles. The Balaban J connectivity index is 2.74. The molecule has 0 radical (unpaired) electrons. The first kappa shape index (κ1) is 13.4. The molecule has 0 unspecified atom stereocenters. The minimum atomic E-state index is -0.453. The smallest absolute Gasteiger partial charge is 0.351 e. The van der Waals surface area contributed by atoms with Crippen molar-refractivity contribution in [1.82, 2.24) is 9.55 Å². The van der Waals surface area contributed by atoms with Gasteiger partial charge in [0.25, 0.3) is 0 Å². The maximum absolute atomic E-state index is 11.4. The highest BCUT2D eigenvalue weighted by Gasteiger charge is 2.07. The molecule has 3 N–H and O–H groups in total. The second kappa shape index (κ2) is 6.16. The molecule has 0 spiro atoms. The van der Waals surface area contributed by atoms with Gasteiger partial charge >= 0.3 is 5.69 Å². The van der Waals surface area contributed by atoms with E-state index >= 15 is 0 Å². The number of hydrogen-bond acceptors (Lipinski definition) is 5. The number of hydrogen-bond donors (Lipinski definition) is 2. The zero-order chi connectivity index (χ0) is 12.1. The Kier molecular flexibility index (Phi) is 5.16. The predicted molar refractivity (Wildman–Crippen MR) is 67.9 cm³/mol. The van der Waals surface area contributed by atoms with E-state index < -0.39 is 5.69 Å². The summed E-state index contributed by atoms with van der Waals surface area (Å²) >= 11 is 1.99. The third kappa shape index (κ3) is 3.42. The number of aliphatic hydroxyl groups excluding tert-OH is 1. The molecule has 0 bridgehead atoms. The molecule has 1 aromatic heterocycles. The quantitative estimate of drug-likeness (QED) is 0.747. The summed E-state index contributed by atoms with van der Waals surface area (Å²) in [5.74, 6) is 0.219. The summed E-state index contributed by atoms with van der Waals surface area (Å²) < 4.78 is 7.34. The van der Waals surface area contributed by atoms with Crippen molar-refractivity contribution in [1.29, 1.82) is 0 Å². The molecule has 1 rings (SSSR count). The van der Waals surface area contributed by atoms with Gasteiger partial charge in [-0.05, 0) is 29.0 Å². The summed E-state index contributed by atoms with van der Waals surface area (Å²) in [7, 11) is 0. The van der Waals surface area contributed by atoms with Crippen LogP contribution in [0.3, 0.4) is 0 Å². The second-order valence-corrected chi connectivity index (χ2v) is 4.40. The zero-order valence-corrected chi connectivity index (χ0v) is 11.0. The van der Waals surface area contributed by atoms with Crippen molar-refractivity contribution >= 4 is 28.4 Å². The van der Waals surface area contributed by atoms with Crippen molar-refractivity contribution in [2.24, 2.45) is 0 Å². The molecule has 16 heavy (non-hydrogen) atoms. The highest BCUT2D eigenvalue weighted by atomic mass is 127. The Bertz CT molecular complexity index is 403. The van der Waals surface area contributed by atoms with Crippen molar-refractivity contribution in [2.45, 2.75) is 26.2 Å². The highest BCUT2D eigenvalue weighted by Crippen LogP contribution is 2.08.